The molecule has 4 aliphatic rings. The maximum absolute atomic E-state index is 13.6. The fraction of sp³-hybridized carbons (Fsp3) is 0.724. The molecule has 1 heterocycles. The van der Waals surface area contributed by atoms with Crippen LogP contribution >= 0.6 is 0 Å². The number of carbonyl (C=O) groups is 1. The lowest BCUT2D eigenvalue weighted by Crippen LogP contribution is -2.55. The number of aromatic nitrogens is 2. The highest BCUT2D eigenvalue weighted by Crippen LogP contribution is 2.68. The lowest BCUT2D eigenvalue weighted by molar-refractivity contribution is -0.151. The summed E-state index contributed by atoms with van der Waals surface area (Å²) in [7, 11) is 0. The van der Waals surface area contributed by atoms with E-state index < -0.39 is 5.60 Å². The van der Waals surface area contributed by atoms with Crippen molar-refractivity contribution in [1.29, 1.82) is 0 Å². The van der Waals surface area contributed by atoms with E-state index in [0.717, 1.165) is 42.0 Å². The first-order valence-electron chi connectivity index (χ1n) is 13.4. The van der Waals surface area contributed by atoms with Gasteiger partial charge in [-0.05, 0) is 105 Å². The number of ketones is 1. The maximum Gasteiger partial charge on any atom is 0.157 e. The van der Waals surface area contributed by atoms with E-state index in [2.05, 4.69) is 25.0 Å². The van der Waals surface area contributed by atoms with Crippen molar-refractivity contribution >= 4 is 16.7 Å². The van der Waals surface area contributed by atoms with Gasteiger partial charge in [-0.1, -0.05) is 32.0 Å². The summed E-state index contributed by atoms with van der Waals surface area (Å²) < 4.78 is 1.87. The van der Waals surface area contributed by atoms with Crippen molar-refractivity contribution in [3.05, 3.63) is 30.5 Å². The first kappa shape index (κ1) is 21.8. The Labute approximate surface area is 198 Å². The predicted octanol–water partition coefficient (Wildman–Crippen LogP) is 6.02. The molecule has 1 aromatic carbocycles. The molecule has 0 amide bonds. The van der Waals surface area contributed by atoms with Gasteiger partial charge in [0.2, 0.25) is 0 Å². The molecule has 4 heteroatoms. The fourth-order valence-corrected chi connectivity index (χ4v) is 9.33. The molecular weight excluding hydrogens is 408 g/mol. The van der Waals surface area contributed by atoms with Crippen LogP contribution in [0, 0.1) is 40.4 Å². The first-order chi connectivity index (χ1) is 15.7. The van der Waals surface area contributed by atoms with Crippen LogP contribution in [0.4, 0.5) is 0 Å². The van der Waals surface area contributed by atoms with Gasteiger partial charge >= 0.3 is 0 Å². The number of hydrogen-bond acceptors (Lipinski definition) is 3. The first-order valence-corrected chi connectivity index (χ1v) is 13.4. The Morgan fingerprint density at radius 3 is 2.61 bits per heavy atom. The van der Waals surface area contributed by atoms with Gasteiger partial charge in [-0.25, -0.2) is 0 Å². The maximum atomic E-state index is 13.6. The van der Waals surface area contributed by atoms with Crippen LogP contribution in [0.3, 0.4) is 0 Å². The molecule has 1 aromatic heterocycles. The molecule has 8 atom stereocenters. The molecule has 0 saturated heterocycles. The molecule has 178 valence electrons. The lowest BCUT2D eigenvalue weighted by atomic mass is 9.44. The third-order valence-corrected chi connectivity index (χ3v) is 11.1. The molecular formula is C29H40N2O2. The molecule has 2 aromatic rings. The second kappa shape index (κ2) is 7.41. The van der Waals surface area contributed by atoms with E-state index in [1.54, 1.807) is 0 Å². The van der Waals surface area contributed by atoms with Crippen molar-refractivity contribution in [2.24, 2.45) is 40.4 Å². The molecule has 0 aliphatic heterocycles. The van der Waals surface area contributed by atoms with Gasteiger partial charge in [0, 0.05) is 17.5 Å². The Bertz CT molecular complexity index is 1040. The van der Waals surface area contributed by atoms with Crippen LogP contribution in [-0.2, 0) is 11.3 Å². The highest BCUT2D eigenvalue weighted by atomic mass is 16.3. The van der Waals surface area contributed by atoms with Crippen molar-refractivity contribution in [3.63, 3.8) is 0 Å². The summed E-state index contributed by atoms with van der Waals surface area (Å²) in [5, 5.41) is 16.5. The summed E-state index contributed by atoms with van der Waals surface area (Å²) in [5.41, 5.74) is 1.03. The number of nitrogens with zero attached hydrogens (tertiary/aromatic N) is 2. The minimum Gasteiger partial charge on any atom is -0.390 e. The minimum atomic E-state index is -0.470. The van der Waals surface area contributed by atoms with Gasteiger partial charge in [0.05, 0.1) is 17.7 Å². The normalized spacial score (nSPS) is 44.8. The second-order valence-electron chi connectivity index (χ2n) is 12.9. The third-order valence-electron chi connectivity index (χ3n) is 11.1. The van der Waals surface area contributed by atoms with Gasteiger partial charge in [-0.3, -0.25) is 9.48 Å². The summed E-state index contributed by atoms with van der Waals surface area (Å²) in [6.45, 7) is 7.45. The van der Waals surface area contributed by atoms with E-state index in [1.165, 1.54) is 38.5 Å². The molecule has 4 aliphatic carbocycles. The molecule has 0 bridgehead atoms. The average molecular weight is 449 g/mol. The molecule has 4 fully saturated rings. The van der Waals surface area contributed by atoms with Crippen LogP contribution in [0.1, 0.15) is 78.6 Å². The van der Waals surface area contributed by atoms with E-state index >= 15 is 0 Å². The Hall–Kier alpha value is -1.68. The largest absolute Gasteiger partial charge is 0.390 e. The Morgan fingerprint density at radius 1 is 1.00 bits per heavy atom. The van der Waals surface area contributed by atoms with Gasteiger partial charge in [-0.2, -0.15) is 5.10 Å². The van der Waals surface area contributed by atoms with E-state index in [1.807, 2.05) is 36.0 Å². The minimum absolute atomic E-state index is 0.147. The van der Waals surface area contributed by atoms with E-state index in [-0.39, 0.29) is 11.3 Å². The van der Waals surface area contributed by atoms with E-state index in [4.69, 9.17) is 0 Å². The van der Waals surface area contributed by atoms with Crippen LogP contribution in [0.2, 0.25) is 0 Å². The molecule has 0 radical (unpaired) electrons. The number of Topliss-reactive ketones (excluding diaryl/α,β-unsaturated/α-hetero) is 1. The van der Waals surface area contributed by atoms with Gasteiger partial charge < -0.3 is 5.11 Å². The molecule has 0 spiro atoms. The van der Waals surface area contributed by atoms with Crippen LogP contribution < -0.4 is 0 Å². The highest BCUT2D eigenvalue weighted by Gasteiger charge is 2.61. The number of carbonyl (C=O) groups excluding carboxylic acids is 1. The molecule has 0 unspecified atom stereocenters. The van der Waals surface area contributed by atoms with Crippen LogP contribution in [0.15, 0.2) is 30.5 Å². The fourth-order valence-electron chi connectivity index (χ4n) is 9.33. The van der Waals surface area contributed by atoms with Crippen molar-refractivity contribution in [3.8, 4) is 0 Å². The second-order valence-corrected chi connectivity index (χ2v) is 12.9. The molecule has 33 heavy (non-hydrogen) atoms. The van der Waals surface area contributed by atoms with Crippen molar-refractivity contribution in [1.82, 2.24) is 9.78 Å². The zero-order chi connectivity index (χ0) is 23.0. The molecule has 1 N–H and O–H groups in total. The van der Waals surface area contributed by atoms with Gasteiger partial charge in [0.15, 0.2) is 5.78 Å². The van der Waals surface area contributed by atoms with Gasteiger partial charge in [-0.15, -0.1) is 0 Å². The quantitative estimate of drug-likeness (QED) is 0.625. The summed E-state index contributed by atoms with van der Waals surface area (Å²) >= 11 is 0. The standard InChI is InChI=1S/C29H40N2O2/c1-27(33)14-15-28(2)20(16-27)8-9-21-22-10-11-24(29(22,3)13-12-23(21)28)26(32)18-31-17-19-6-4-5-7-25(19)30-31/h4-7,17,20-24,33H,8-16,18H2,1-3H3/t20-,21+,22+,23+,24-,27-,28+,29+/m1/s1. The van der Waals surface area contributed by atoms with Crippen LogP contribution in [-0.4, -0.2) is 26.3 Å². The molecule has 4 saturated carbocycles. The zero-order valence-corrected chi connectivity index (χ0v) is 20.6. The summed E-state index contributed by atoms with van der Waals surface area (Å²) in [5.74, 6) is 3.45. The number of hydrogen-bond donors (Lipinski definition) is 1. The zero-order valence-electron chi connectivity index (χ0n) is 20.6. The Kier molecular flexibility index (Phi) is 4.90. The lowest BCUT2D eigenvalue weighted by Gasteiger charge is -2.61. The summed E-state index contributed by atoms with van der Waals surface area (Å²) in [6, 6.07) is 8.12. The Balaban J connectivity index is 1.21. The van der Waals surface area contributed by atoms with E-state index in [9.17, 15) is 9.90 Å². The van der Waals surface area contributed by atoms with Gasteiger partial charge in [0.25, 0.3) is 0 Å². The van der Waals surface area contributed by atoms with Crippen LogP contribution in [0.5, 0.6) is 0 Å². The van der Waals surface area contributed by atoms with Crippen molar-refractivity contribution < 1.29 is 9.90 Å². The summed E-state index contributed by atoms with van der Waals surface area (Å²) in [4.78, 5) is 13.6. The number of fused-ring (bicyclic) bond motifs is 6. The molecule has 4 nitrogen and oxygen atoms in total. The van der Waals surface area contributed by atoms with Crippen molar-refractivity contribution in [2.75, 3.05) is 0 Å². The summed E-state index contributed by atoms with van der Waals surface area (Å²) in [6.07, 6.45) is 12.4. The van der Waals surface area contributed by atoms with E-state index in [0.29, 0.717) is 29.6 Å². The van der Waals surface area contributed by atoms with Crippen LogP contribution in [0.25, 0.3) is 10.9 Å². The predicted molar refractivity (Wildman–Crippen MR) is 131 cm³/mol. The third kappa shape index (κ3) is 3.34. The SMILES string of the molecule is C[C@@]1(O)CC[C@@]2(C)[C@H](CC[C@@H]3[C@@H]2CC[C@]2(C)[C@@H](C(=O)Cn4cc5ccccc5n4)CC[C@@H]32)C1. The van der Waals surface area contributed by atoms with Crippen molar-refractivity contribution in [2.45, 2.75) is 90.7 Å². The smallest absolute Gasteiger partial charge is 0.157 e. The number of rotatable bonds is 3. The number of aliphatic hydroxyl groups is 1. The topological polar surface area (TPSA) is 55.1 Å². The molecule has 6 rings (SSSR count). The average Bonchev–Trinajstić information content (AvgIpc) is 3.34. The van der Waals surface area contributed by atoms with Gasteiger partial charge in [0.1, 0.15) is 0 Å². The monoisotopic (exact) mass is 448 g/mol. The highest BCUT2D eigenvalue weighted by molar-refractivity contribution is 5.83. The Morgan fingerprint density at radius 2 is 1.79 bits per heavy atom. The number of benzene rings is 1.